The van der Waals surface area contributed by atoms with Crippen molar-refractivity contribution < 1.29 is 14.3 Å². The van der Waals surface area contributed by atoms with Gasteiger partial charge in [-0.25, -0.2) is 4.98 Å². The van der Waals surface area contributed by atoms with Gasteiger partial charge in [0.05, 0.1) is 16.7 Å². The van der Waals surface area contributed by atoms with Crippen molar-refractivity contribution in [1.29, 1.82) is 0 Å². The number of pyridine rings is 1. The zero-order valence-electron chi connectivity index (χ0n) is 20.0. The minimum Gasteiger partial charge on any atom is -0.375 e. The lowest BCUT2D eigenvalue weighted by molar-refractivity contribution is -0.119. The van der Waals surface area contributed by atoms with Gasteiger partial charge in [-0.1, -0.05) is 12.2 Å². The van der Waals surface area contributed by atoms with Crippen molar-refractivity contribution in [2.45, 2.75) is 19.3 Å². The fourth-order valence-corrected chi connectivity index (χ4v) is 6.33. The summed E-state index contributed by atoms with van der Waals surface area (Å²) < 4.78 is 6.89. The minimum absolute atomic E-state index is 0.0786. The highest BCUT2D eigenvalue weighted by Crippen LogP contribution is 2.69. The van der Waals surface area contributed by atoms with Crippen LogP contribution in [0.2, 0.25) is 0 Å². The number of carbonyl (C=O) groups excluding carboxylic acids is 2. The molecule has 180 valence electrons. The molecule has 2 heterocycles. The molecule has 1 spiro atoms. The van der Waals surface area contributed by atoms with E-state index in [0.29, 0.717) is 52.3 Å². The maximum Gasteiger partial charge on any atom is 0.251 e. The van der Waals surface area contributed by atoms with E-state index in [1.807, 2.05) is 23.7 Å². The molecule has 2 N–H and O–H groups in total. The van der Waals surface area contributed by atoms with Crippen molar-refractivity contribution in [3.8, 4) is 11.4 Å². The second-order valence-electron chi connectivity index (χ2n) is 10.1. The van der Waals surface area contributed by atoms with E-state index in [9.17, 15) is 9.59 Å². The summed E-state index contributed by atoms with van der Waals surface area (Å²) >= 11 is 0. The Balaban J connectivity index is 1.30. The van der Waals surface area contributed by atoms with E-state index >= 15 is 0 Å². The van der Waals surface area contributed by atoms with Crippen molar-refractivity contribution >= 4 is 28.5 Å². The molecule has 2 amide bonds. The number of imidazole rings is 1. The molecule has 35 heavy (non-hydrogen) atoms. The lowest BCUT2D eigenvalue weighted by Gasteiger charge is -2.20. The number of amides is 2. The zero-order chi connectivity index (χ0) is 24.2. The number of nitrogens with zero attached hydrogens (tertiary/aromatic N) is 3. The molecule has 3 aliphatic carbocycles. The maximum atomic E-state index is 13.2. The molecule has 2 saturated carbocycles. The molecular weight excluding hydrogens is 442 g/mol. The summed E-state index contributed by atoms with van der Waals surface area (Å²) in [6, 6.07) is 7.30. The van der Waals surface area contributed by atoms with Crippen LogP contribution in [-0.2, 0) is 16.6 Å². The van der Waals surface area contributed by atoms with E-state index in [2.05, 4.69) is 27.8 Å². The predicted molar refractivity (Wildman–Crippen MR) is 133 cm³/mol. The van der Waals surface area contributed by atoms with Gasteiger partial charge in [-0.3, -0.25) is 14.6 Å². The number of hydrogen-bond donors (Lipinski definition) is 2. The van der Waals surface area contributed by atoms with E-state index in [4.69, 9.17) is 9.72 Å². The highest BCUT2D eigenvalue weighted by atomic mass is 16.5. The van der Waals surface area contributed by atoms with Gasteiger partial charge in [-0.2, -0.15) is 0 Å². The number of benzene rings is 1. The van der Waals surface area contributed by atoms with Crippen LogP contribution in [0, 0.1) is 23.2 Å². The first kappa shape index (κ1) is 22.0. The van der Waals surface area contributed by atoms with E-state index < -0.39 is 0 Å². The van der Waals surface area contributed by atoms with Crippen LogP contribution < -0.4 is 10.6 Å². The van der Waals surface area contributed by atoms with Crippen LogP contribution in [0.25, 0.3) is 22.4 Å². The molecule has 8 heteroatoms. The van der Waals surface area contributed by atoms with E-state index in [1.54, 1.807) is 24.5 Å². The lowest BCUT2D eigenvalue weighted by Crippen LogP contribution is -2.31. The third-order valence-electron chi connectivity index (χ3n) is 8.07. The molecule has 1 aromatic carbocycles. The Labute approximate surface area is 203 Å². The fourth-order valence-electron chi connectivity index (χ4n) is 6.33. The van der Waals surface area contributed by atoms with Crippen molar-refractivity contribution in [3.05, 3.63) is 54.4 Å². The molecule has 0 unspecified atom stereocenters. The Kier molecular flexibility index (Phi) is 5.21. The number of ether oxygens (including phenoxy) is 1. The Morgan fingerprint density at radius 3 is 2.83 bits per heavy atom. The fraction of sp³-hybridized carbons (Fsp3) is 0.407. The summed E-state index contributed by atoms with van der Waals surface area (Å²) in [6.07, 6.45) is 12.0. The molecule has 0 aliphatic heterocycles. The van der Waals surface area contributed by atoms with Crippen molar-refractivity contribution in [3.63, 3.8) is 0 Å². The second kappa shape index (κ2) is 8.30. The van der Waals surface area contributed by atoms with Gasteiger partial charge in [0.1, 0.15) is 12.4 Å². The number of nitrogens with one attached hydrogen (secondary N) is 2. The predicted octanol–water partition coefficient (Wildman–Crippen LogP) is 3.55. The first-order valence-corrected chi connectivity index (χ1v) is 12.2. The third kappa shape index (κ3) is 3.63. The summed E-state index contributed by atoms with van der Waals surface area (Å²) in [6.45, 7) is 0.587. The molecule has 3 aliphatic rings. The quantitative estimate of drug-likeness (QED) is 0.514. The molecule has 2 bridgehead atoms. The van der Waals surface area contributed by atoms with Crippen LogP contribution in [0.15, 0.2) is 48.8 Å². The monoisotopic (exact) mass is 471 g/mol. The van der Waals surface area contributed by atoms with E-state index in [-0.39, 0.29) is 18.4 Å². The van der Waals surface area contributed by atoms with Gasteiger partial charge in [-0.15, -0.1) is 0 Å². The van der Waals surface area contributed by atoms with Crippen LogP contribution in [0.3, 0.4) is 0 Å². The first-order valence-electron chi connectivity index (χ1n) is 12.2. The van der Waals surface area contributed by atoms with E-state index in [0.717, 1.165) is 17.5 Å². The maximum absolute atomic E-state index is 13.2. The Bertz CT molecular complexity index is 1340. The number of anilines is 1. The number of allylic oxidation sites excluding steroid dienone is 2. The molecule has 8 nitrogen and oxygen atoms in total. The number of aromatic nitrogens is 3. The van der Waals surface area contributed by atoms with Gasteiger partial charge < -0.3 is 19.9 Å². The molecule has 3 atom stereocenters. The van der Waals surface area contributed by atoms with Crippen LogP contribution in [0.4, 0.5) is 5.69 Å². The summed E-state index contributed by atoms with van der Waals surface area (Å²) in [4.78, 5) is 34.6. The number of hydrogen-bond acceptors (Lipinski definition) is 5. The topological polar surface area (TPSA) is 98.1 Å². The van der Waals surface area contributed by atoms with Crippen molar-refractivity contribution in [1.82, 2.24) is 19.9 Å². The molecular formula is C27H29N5O3. The van der Waals surface area contributed by atoms with Gasteiger partial charge in [0, 0.05) is 44.2 Å². The summed E-state index contributed by atoms with van der Waals surface area (Å²) in [7, 11) is 3.36. The summed E-state index contributed by atoms with van der Waals surface area (Å²) in [5.74, 6) is 2.03. The molecule has 0 radical (unpaired) electrons. The molecule has 0 saturated heterocycles. The standard InChI is InChI=1S/C27H29N5O3/c1-32-24-21(30-23(33)15-35-2)11-17(12-22(24)31-25(32)16-4-3-9-28-13-16)26(34)29-14-18-10-19-5-6-20(18)27(19)7-8-27/h3-6,9,11-13,18-20H,7-8,10,14-15H2,1-2H3,(H,29,34)(H,30,33)/t18-,19+,20-/m0/s1. The van der Waals surface area contributed by atoms with E-state index in [1.165, 1.54) is 20.0 Å². The normalized spacial score (nSPS) is 23.2. The number of rotatable bonds is 7. The van der Waals surface area contributed by atoms with Crippen LogP contribution in [0.1, 0.15) is 29.6 Å². The van der Waals surface area contributed by atoms with Gasteiger partial charge >= 0.3 is 0 Å². The number of fused-ring (bicyclic) bond motifs is 1. The SMILES string of the molecule is COCC(=O)Nc1cc(C(=O)NC[C@@H]2C[C@H]3C=C[C@@H]2C32CC2)cc2nc(-c3cccnc3)n(C)c12. The summed E-state index contributed by atoms with van der Waals surface area (Å²) in [5.41, 5.74) is 3.72. The second-order valence-corrected chi connectivity index (χ2v) is 10.1. The average Bonchev–Trinajstić information content (AvgIpc) is 3.41. The van der Waals surface area contributed by atoms with Crippen LogP contribution in [0.5, 0.6) is 0 Å². The lowest BCUT2D eigenvalue weighted by atomic mass is 9.89. The molecule has 3 aromatic rings. The highest BCUT2D eigenvalue weighted by molar-refractivity contribution is 6.06. The smallest absolute Gasteiger partial charge is 0.251 e. The third-order valence-corrected chi connectivity index (χ3v) is 8.07. The van der Waals surface area contributed by atoms with Crippen LogP contribution in [-0.4, -0.2) is 46.6 Å². The van der Waals surface area contributed by atoms with Crippen molar-refractivity contribution in [2.75, 3.05) is 25.6 Å². The average molecular weight is 472 g/mol. The highest BCUT2D eigenvalue weighted by Gasteiger charge is 2.62. The van der Waals surface area contributed by atoms with Gasteiger partial charge in [-0.05, 0) is 66.7 Å². The molecule has 2 aromatic heterocycles. The van der Waals surface area contributed by atoms with Gasteiger partial charge in [0.25, 0.3) is 5.91 Å². The number of aryl methyl sites for hydroxylation is 1. The van der Waals surface area contributed by atoms with Gasteiger partial charge in [0.2, 0.25) is 5.91 Å². The Hall–Kier alpha value is -3.52. The largest absolute Gasteiger partial charge is 0.375 e. The van der Waals surface area contributed by atoms with Crippen molar-refractivity contribution in [2.24, 2.45) is 30.2 Å². The van der Waals surface area contributed by atoms with Crippen LogP contribution >= 0.6 is 0 Å². The Morgan fingerprint density at radius 1 is 1.26 bits per heavy atom. The Morgan fingerprint density at radius 2 is 2.11 bits per heavy atom. The zero-order valence-corrected chi connectivity index (χ0v) is 20.0. The number of methoxy groups -OCH3 is 1. The molecule has 2 fully saturated rings. The number of carbonyl (C=O) groups is 2. The first-order chi connectivity index (χ1) is 17.0. The molecule has 6 rings (SSSR count). The summed E-state index contributed by atoms with van der Waals surface area (Å²) in [5, 5.41) is 6.06. The van der Waals surface area contributed by atoms with Gasteiger partial charge in [0.15, 0.2) is 0 Å². The minimum atomic E-state index is -0.293.